The van der Waals surface area contributed by atoms with Crippen LogP contribution in [0.4, 0.5) is 5.00 Å². The summed E-state index contributed by atoms with van der Waals surface area (Å²) < 4.78 is 22.4. The molecule has 2 heterocycles. The van der Waals surface area contributed by atoms with Gasteiger partial charge in [-0.15, -0.1) is 11.3 Å². The minimum Gasteiger partial charge on any atom is -0.477 e. The topological polar surface area (TPSA) is 74.7 Å². The van der Waals surface area contributed by atoms with E-state index in [1.165, 1.54) is 11.3 Å². The maximum atomic E-state index is 11.2. The Morgan fingerprint density at radius 2 is 1.94 bits per heavy atom. The van der Waals surface area contributed by atoms with Crippen LogP contribution >= 0.6 is 11.3 Å². The van der Waals surface area contributed by atoms with E-state index >= 15 is 0 Å². The molecule has 1 saturated heterocycles. The second-order valence-corrected chi connectivity index (χ2v) is 6.95. The van der Waals surface area contributed by atoms with E-state index in [4.69, 9.17) is 5.11 Å². The van der Waals surface area contributed by atoms with Gasteiger partial charge in [0.25, 0.3) is 0 Å². The molecule has 0 saturated carbocycles. The highest BCUT2D eigenvalue weighted by Gasteiger charge is 2.23. The Bertz CT molecular complexity index is 491. The summed E-state index contributed by atoms with van der Waals surface area (Å²) >= 11 is 1.18. The Hall–Kier alpha value is -1.08. The van der Waals surface area contributed by atoms with Crippen LogP contribution in [0, 0.1) is 0 Å². The van der Waals surface area contributed by atoms with E-state index in [0.717, 1.165) is 5.00 Å². The predicted molar refractivity (Wildman–Crippen MR) is 62.1 cm³/mol. The predicted octanol–water partition coefficient (Wildman–Crippen LogP) is 0.681. The minimum atomic E-state index is -2.89. The lowest BCUT2D eigenvalue weighted by Crippen LogP contribution is -2.39. The molecule has 0 atom stereocenters. The van der Waals surface area contributed by atoms with Gasteiger partial charge >= 0.3 is 5.97 Å². The van der Waals surface area contributed by atoms with Crippen molar-refractivity contribution in [2.75, 3.05) is 29.5 Å². The summed E-state index contributed by atoms with van der Waals surface area (Å²) in [5.74, 6) is -0.651. The summed E-state index contributed by atoms with van der Waals surface area (Å²) in [4.78, 5) is 12.9. The number of aromatic carboxylic acids is 1. The summed E-state index contributed by atoms with van der Waals surface area (Å²) in [6.45, 7) is 0.893. The van der Waals surface area contributed by atoms with E-state index in [2.05, 4.69) is 0 Å². The molecule has 0 spiro atoms. The van der Waals surface area contributed by atoms with Crippen molar-refractivity contribution in [2.24, 2.45) is 0 Å². The molecule has 1 aliphatic heterocycles. The normalized spacial score (nSPS) is 19.6. The standard InChI is InChI=1S/C9H11NO4S2/c11-9(12)7-1-2-8(15-7)10-3-5-16(13,14)6-4-10/h1-2H,3-6H2,(H,11,12). The van der Waals surface area contributed by atoms with Gasteiger partial charge in [-0.1, -0.05) is 0 Å². The third-order valence-electron chi connectivity index (χ3n) is 2.46. The summed E-state index contributed by atoms with van der Waals surface area (Å²) in [5, 5.41) is 9.60. The molecule has 7 heteroatoms. The summed E-state index contributed by atoms with van der Waals surface area (Å²) in [6.07, 6.45) is 0. The van der Waals surface area contributed by atoms with Gasteiger partial charge in [0.2, 0.25) is 0 Å². The van der Waals surface area contributed by atoms with Gasteiger partial charge in [0.1, 0.15) is 4.88 Å². The molecular weight excluding hydrogens is 250 g/mol. The Morgan fingerprint density at radius 3 is 2.44 bits per heavy atom. The van der Waals surface area contributed by atoms with E-state index in [1.54, 1.807) is 12.1 Å². The third-order valence-corrected chi connectivity index (χ3v) is 5.20. The molecule has 1 N–H and O–H groups in total. The van der Waals surface area contributed by atoms with Crippen LogP contribution in [0.25, 0.3) is 0 Å². The van der Waals surface area contributed by atoms with Crippen molar-refractivity contribution in [1.82, 2.24) is 0 Å². The van der Waals surface area contributed by atoms with Crippen LogP contribution in [0.1, 0.15) is 9.67 Å². The van der Waals surface area contributed by atoms with Crippen molar-refractivity contribution in [3.63, 3.8) is 0 Å². The molecular formula is C9H11NO4S2. The first-order valence-electron chi connectivity index (χ1n) is 4.76. The number of hydrogen-bond donors (Lipinski definition) is 1. The zero-order chi connectivity index (χ0) is 11.8. The molecule has 88 valence electrons. The highest BCUT2D eigenvalue weighted by atomic mass is 32.2. The van der Waals surface area contributed by atoms with Crippen molar-refractivity contribution in [1.29, 1.82) is 0 Å². The highest BCUT2D eigenvalue weighted by Crippen LogP contribution is 2.27. The van der Waals surface area contributed by atoms with Crippen molar-refractivity contribution < 1.29 is 18.3 Å². The number of thiophene rings is 1. The molecule has 0 unspecified atom stereocenters. The van der Waals surface area contributed by atoms with Crippen LogP contribution < -0.4 is 4.90 Å². The number of anilines is 1. The van der Waals surface area contributed by atoms with Crippen molar-refractivity contribution >= 4 is 32.1 Å². The second-order valence-electron chi connectivity index (χ2n) is 3.58. The lowest BCUT2D eigenvalue weighted by atomic mass is 10.4. The average Bonchev–Trinajstić information content (AvgIpc) is 2.66. The van der Waals surface area contributed by atoms with Gasteiger partial charge in [-0.3, -0.25) is 0 Å². The summed E-state index contributed by atoms with van der Waals surface area (Å²) in [5.41, 5.74) is 0. The van der Waals surface area contributed by atoms with Crippen LogP contribution in [-0.4, -0.2) is 44.1 Å². The molecule has 0 amide bonds. The fourth-order valence-electron chi connectivity index (χ4n) is 1.55. The number of carboxylic acids is 1. The number of carbonyl (C=O) groups is 1. The molecule has 1 aromatic rings. The number of sulfone groups is 1. The third kappa shape index (κ3) is 2.35. The van der Waals surface area contributed by atoms with Crippen molar-refractivity contribution in [3.05, 3.63) is 17.0 Å². The zero-order valence-electron chi connectivity index (χ0n) is 8.42. The first-order chi connectivity index (χ1) is 7.48. The van der Waals surface area contributed by atoms with Crippen LogP contribution in [0.5, 0.6) is 0 Å². The van der Waals surface area contributed by atoms with Crippen LogP contribution in [0.3, 0.4) is 0 Å². The molecule has 0 bridgehead atoms. The van der Waals surface area contributed by atoms with Crippen molar-refractivity contribution in [2.45, 2.75) is 0 Å². The van der Waals surface area contributed by atoms with Gasteiger partial charge in [-0.2, -0.15) is 0 Å². The number of rotatable bonds is 2. The Morgan fingerprint density at radius 1 is 1.31 bits per heavy atom. The monoisotopic (exact) mass is 261 g/mol. The number of carboxylic acid groups (broad SMARTS) is 1. The van der Waals surface area contributed by atoms with E-state index in [-0.39, 0.29) is 16.4 Å². The quantitative estimate of drug-likeness (QED) is 0.847. The summed E-state index contributed by atoms with van der Waals surface area (Å²) in [7, 11) is -2.89. The lowest BCUT2D eigenvalue weighted by molar-refractivity contribution is 0.0702. The number of hydrogen-bond acceptors (Lipinski definition) is 5. The van der Waals surface area contributed by atoms with Gasteiger partial charge in [-0.05, 0) is 12.1 Å². The van der Waals surface area contributed by atoms with Crippen LogP contribution in [0.2, 0.25) is 0 Å². The molecule has 1 aliphatic rings. The molecule has 16 heavy (non-hydrogen) atoms. The summed E-state index contributed by atoms with van der Waals surface area (Å²) in [6, 6.07) is 3.28. The Balaban J connectivity index is 2.11. The Kier molecular flexibility index (Phi) is 2.90. The second kappa shape index (κ2) is 4.06. The van der Waals surface area contributed by atoms with Gasteiger partial charge in [-0.25, -0.2) is 13.2 Å². The van der Waals surface area contributed by atoms with Crippen LogP contribution in [-0.2, 0) is 9.84 Å². The molecule has 0 radical (unpaired) electrons. The first-order valence-corrected chi connectivity index (χ1v) is 7.40. The Labute approximate surface area is 97.2 Å². The van der Waals surface area contributed by atoms with E-state index in [9.17, 15) is 13.2 Å². The zero-order valence-corrected chi connectivity index (χ0v) is 10.1. The molecule has 0 aromatic carbocycles. The van der Waals surface area contributed by atoms with E-state index < -0.39 is 15.8 Å². The lowest BCUT2D eigenvalue weighted by Gasteiger charge is -2.27. The number of nitrogens with zero attached hydrogens (tertiary/aromatic N) is 1. The first kappa shape index (κ1) is 11.4. The maximum Gasteiger partial charge on any atom is 0.345 e. The van der Waals surface area contributed by atoms with E-state index in [1.807, 2.05) is 4.90 Å². The van der Waals surface area contributed by atoms with E-state index in [0.29, 0.717) is 13.1 Å². The smallest absolute Gasteiger partial charge is 0.345 e. The highest BCUT2D eigenvalue weighted by molar-refractivity contribution is 7.91. The fourth-order valence-corrected chi connectivity index (χ4v) is 3.64. The molecule has 1 aromatic heterocycles. The average molecular weight is 261 g/mol. The fraction of sp³-hybridized carbons (Fsp3) is 0.444. The minimum absolute atomic E-state index is 0.146. The van der Waals surface area contributed by atoms with Gasteiger partial charge in [0.05, 0.1) is 16.5 Å². The maximum absolute atomic E-state index is 11.2. The van der Waals surface area contributed by atoms with Gasteiger partial charge in [0, 0.05) is 13.1 Å². The molecule has 0 aliphatic carbocycles. The molecule has 5 nitrogen and oxygen atoms in total. The van der Waals surface area contributed by atoms with Crippen molar-refractivity contribution in [3.8, 4) is 0 Å². The SMILES string of the molecule is O=C(O)c1ccc(N2CCS(=O)(=O)CC2)s1. The van der Waals surface area contributed by atoms with Gasteiger partial charge < -0.3 is 10.0 Å². The molecule has 2 rings (SSSR count). The van der Waals surface area contributed by atoms with Gasteiger partial charge in [0.15, 0.2) is 9.84 Å². The molecule has 1 fully saturated rings. The largest absolute Gasteiger partial charge is 0.477 e. The van der Waals surface area contributed by atoms with Crippen LogP contribution in [0.15, 0.2) is 12.1 Å².